The van der Waals surface area contributed by atoms with Gasteiger partial charge in [-0.15, -0.1) is 22.7 Å². The molecule has 3 heterocycles. The molecular formula is C21H25N3O2S2. The number of rotatable bonds is 8. The quantitative estimate of drug-likeness (QED) is 0.544. The number of thiazole rings is 1. The summed E-state index contributed by atoms with van der Waals surface area (Å²) in [5.41, 5.74) is 1.06. The Morgan fingerprint density at radius 1 is 1.29 bits per heavy atom. The van der Waals surface area contributed by atoms with E-state index in [1.54, 1.807) is 22.7 Å². The summed E-state index contributed by atoms with van der Waals surface area (Å²) in [6, 6.07) is 12.3. The van der Waals surface area contributed by atoms with E-state index in [-0.39, 0.29) is 12.1 Å². The van der Waals surface area contributed by atoms with Crippen LogP contribution in [0.2, 0.25) is 0 Å². The summed E-state index contributed by atoms with van der Waals surface area (Å²) >= 11 is 3.42. The monoisotopic (exact) mass is 415 g/mol. The number of aryl methyl sites for hydroxylation is 1. The number of carbonyl (C=O) groups is 1. The zero-order chi connectivity index (χ0) is 19.2. The van der Waals surface area contributed by atoms with Gasteiger partial charge < -0.3 is 15.0 Å². The molecule has 1 fully saturated rings. The zero-order valence-electron chi connectivity index (χ0n) is 15.8. The Morgan fingerprint density at radius 3 is 3.00 bits per heavy atom. The van der Waals surface area contributed by atoms with Gasteiger partial charge in [-0.2, -0.15) is 0 Å². The SMILES string of the molecule is O=C(NCCCc1nc2ccccc2s1)N(Cc1cccs1)CC1CCCO1. The van der Waals surface area contributed by atoms with Gasteiger partial charge in [0.1, 0.15) is 0 Å². The van der Waals surface area contributed by atoms with E-state index >= 15 is 0 Å². The number of hydrogen-bond acceptors (Lipinski definition) is 5. The molecule has 1 saturated heterocycles. The second kappa shape index (κ2) is 9.49. The Morgan fingerprint density at radius 2 is 2.21 bits per heavy atom. The van der Waals surface area contributed by atoms with Crippen LogP contribution >= 0.6 is 22.7 Å². The van der Waals surface area contributed by atoms with E-state index in [0.717, 1.165) is 42.8 Å². The van der Waals surface area contributed by atoms with Gasteiger partial charge in [0.05, 0.1) is 27.9 Å². The molecule has 28 heavy (non-hydrogen) atoms. The molecule has 2 amide bonds. The van der Waals surface area contributed by atoms with E-state index in [1.807, 2.05) is 29.2 Å². The smallest absolute Gasteiger partial charge is 0.317 e. The Hall–Kier alpha value is -1.96. The fourth-order valence-corrected chi connectivity index (χ4v) is 5.15. The fraction of sp³-hybridized carbons (Fsp3) is 0.429. The summed E-state index contributed by atoms with van der Waals surface area (Å²) in [5, 5.41) is 6.27. The first kappa shape index (κ1) is 19.4. The largest absolute Gasteiger partial charge is 0.376 e. The predicted octanol–water partition coefficient (Wildman–Crippen LogP) is 4.68. The number of amides is 2. The highest BCUT2D eigenvalue weighted by Gasteiger charge is 2.22. The normalized spacial score (nSPS) is 16.5. The van der Waals surface area contributed by atoms with Crippen LogP contribution in [0, 0.1) is 0 Å². The van der Waals surface area contributed by atoms with Gasteiger partial charge >= 0.3 is 6.03 Å². The summed E-state index contributed by atoms with van der Waals surface area (Å²) in [5.74, 6) is 0. The van der Waals surface area contributed by atoms with Crippen LogP contribution in [0.25, 0.3) is 10.2 Å². The zero-order valence-corrected chi connectivity index (χ0v) is 17.4. The Labute approximate surface area is 173 Å². The molecule has 5 nitrogen and oxygen atoms in total. The molecular weight excluding hydrogens is 390 g/mol. The van der Waals surface area contributed by atoms with Gasteiger partial charge in [0.15, 0.2) is 0 Å². The highest BCUT2D eigenvalue weighted by atomic mass is 32.1. The van der Waals surface area contributed by atoms with E-state index in [0.29, 0.717) is 19.6 Å². The number of ether oxygens (including phenoxy) is 1. The van der Waals surface area contributed by atoms with Crippen molar-refractivity contribution in [3.63, 3.8) is 0 Å². The minimum Gasteiger partial charge on any atom is -0.376 e. The maximum Gasteiger partial charge on any atom is 0.317 e. The second-order valence-electron chi connectivity index (χ2n) is 7.01. The third kappa shape index (κ3) is 5.10. The molecule has 0 radical (unpaired) electrons. The third-order valence-electron chi connectivity index (χ3n) is 4.84. The number of aromatic nitrogens is 1. The van der Waals surface area contributed by atoms with Crippen molar-refractivity contribution in [1.29, 1.82) is 0 Å². The van der Waals surface area contributed by atoms with Gasteiger partial charge in [0, 0.05) is 31.0 Å². The standard InChI is InChI=1S/C21H25N3O2S2/c25-21(22-11-3-10-20-23-18-8-1-2-9-19(18)28-20)24(14-16-6-4-12-26-16)15-17-7-5-13-27-17/h1-2,5,7-9,13,16H,3-4,6,10-12,14-15H2,(H,22,25). The number of para-hydroxylation sites is 1. The third-order valence-corrected chi connectivity index (χ3v) is 6.80. The Bertz CT molecular complexity index is 855. The summed E-state index contributed by atoms with van der Waals surface area (Å²) in [6.45, 7) is 2.76. The van der Waals surface area contributed by atoms with Crippen molar-refractivity contribution in [2.75, 3.05) is 19.7 Å². The van der Waals surface area contributed by atoms with E-state index in [4.69, 9.17) is 4.74 Å². The lowest BCUT2D eigenvalue weighted by atomic mass is 10.2. The fourth-order valence-electron chi connectivity index (χ4n) is 3.42. The van der Waals surface area contributed by atoms with Gasteiger partial charge in [-0.05, 0) is 42.8 Å². The van der Waals surface area contributed by atoms with Crippen LogP contribution in [0.15, 0.2) is 41.8 Å². The first-order chi connectivity index (χ1) is 13.8. The lowest BCUT2D eigenvalue weighted by Gasteiger charge is -2.25. The second-order valence-corrected chi connectivity index (χ2v) is 9.15. The van der Waals surface area contributed by atoms with Crippen molar-refractivity contribution in [1.82, 2.24) is 15.2 Å². The van der Waals surface area contributed by atoms with E-state index in [9.17, 15) is 4.79 Å². The number of urea groups is 1. The molecule has 1 atom stereocenters. The van der Waals surface area contributed by atoms with Crippen LogP contribution in [0.5, 0.6) is 0 Å². The topological polar surface area (TPSA) is 54.5 Å². The number of nitrogens with zero attached hydrogens (tertiary/aromatic N) is 2. The molecule has 1 N–H and O–H groups in total. The number of hydrogen-bond donors (Lipinski definition) is 1. The number of carbonyl (C=O) groups excluding carboxylic acids is 1. The first-order valence-electron chi connectivity index (χ1n) is 9.79. The number of thiophene rings is 1. The average Bonchev–Trinajstić information content (AvgIpc) is 3.45. The van der Waals surface area contributed by atoms with Crippen LogP contribution in [0.1, 0.15) is 29.1 Å². The highest BCUT2D eigenvalue weighted by Crippen LogP contribution is 2.22. The number of benzene rings is 1. The van der Waals surface area contributed by atoms with Gasteiger partial charge in [-0.3, -0.25) is 0 Å². The molecule has 0 aliphatic carbocycles. The van der Waals surface area contributed by atoms with Gasteiger partial charge in [-0.1, -0.05) is 18.2 Å². The minimum atomic E-state index is -0.00630. The Balaban J connectivity index is 1.27. The van der Waals surface area contributed by atoms with Crippen LogP contribution in [-0.2, 0) is 17.7 Å². The molecule has 4 rings (SSSR count). The molecule has 1 unspecified atom stereocenters. The summed E-state index contributed by atoms with van der Waals surface area (Å²) in [7, 11) is 0. The van der Waals surface area contributed by atoms with Crippen molar-refractivity contribution in [3.8, 4) is 0 Å². The molecule has 0 bridgehead atoms. The molecule has 7 heteroatoms. The van der Waals surface area contributed by atoms with E-state index in [1.165, 1.54) is 9.58 Å². The van der Waals surface area contributed by atoms with Crippen LogP contribution in [-0.4, -0.2) is 41.7 Å². The summed E-state index contributed by atoms with van der Waals surface area (Å²) < 4.78 is 6.96. The van der Waals surface area contributed by atoms with Crippen molar-refractivity contribution in [3.05, 3.63) is 51.7 Å². The van der Waals surface area contributed by atoms with Crippen molar-refractivity contribution in [2.45, 2.75) is 38.3 Å². The summed E-state index contributed by atoms with van der Waals surface area (Å²) in [4.78, 5) is 20.5. The lowest BCUT2D eigenvalue weighted by molar-refractivity contribution is 0.0797. The molecule has 0 spiro atoms. The molecule has 1 aliphatic heterocycles. The van der Waals surface area contributed by atoms with E-state index in [2.05, 4.69) is 27.8 Å². The number of nitrogens with one attached hydrogen (secondary N) is 1. The molecule has 148 valence electrons. The van der Waals surface area contributed by atoms with Crippen molar-refractivity contribution >= 4 is 38.9 Å². The predicted molar refractivity (Wildman–Crippen MR) is 115 cm³/mol. The average molecular weight is 416 g/mol. The van der Waals surface area contributed by atoms with Crippen LogP contribution in [0.4, 0.5) is 4.79 Å². The lowest BCUT2D eigenvalue weighted by Crippen LogP contribution is -2.43. The molecule has 1 aliphatic rings. The maximum atomic E-state index is 12.8. The van der Waals surface area contributed by atoms with Crippen molar-refractivity contribution in [2.24, 2.45) is 0 Å². The van der Waals surface area contributed by atoms with Gasteiger partial charge in [0.25, 0.3) is 0 Å². The van der Waals surface area contributed by atoms with Crippen molar-refractivity contribution < 1.29 is 9.53 Å². The summed E-state index contributed by atoms with van der Waals surface area (Å²) in [6.07, 6.45) is 4.05. The van der Waals surface area contributed by atoms with Crippen LogP contribution < -0.4 is 5.32 Å². The van der Waals surface area contributed by atoms with Crippen LogP contribution in [0.3, 0.4) is 0 Å². The molecule has 2 aromatic heterocycles. The number of fused-ring (bicyclic) bond motifs is 1. The van der Waals surface area contributed by atoms with E-state index < -0.39 is 0 Å². The Kier molecular flexibility index (Phi) is 6.57. The highest BCUT2D eigenvalue weighted by molar-refractivity contribution is 7.18. The molecule has 1 aromatic carbocycles. The minimum absolute atomic E-state index is 0.00630. The maximum absolute atomic E-state index is 12.8. The molecule has 3 aromatic rings. The van der Waals surface area contributed by atoms with Gasteiger partial charge in [-0.25, -0.2) is 9.78 Å². The first-order valence-corrected chi connectivity index (χ1v) is 11.5. The molecule has 0 saturated carbocycles. The van der Waals surface area contributed by atoms with Gasteiger partial charge in [0.2, 0.25) is 0 Å².